The van der Waals surface area contributed by atoms with Crippen molar-refractivity contribution in [1.82, 2.24) is 19.4 Å². The highest BCUT2D eigenvalue weighted by molar-refractivity contribution is 5.36. The molecule has 130 valence electrons. The lowest BCUT2D eigenvalue weighted by molar-refractivity contribution is 0.225. The van der Waals surface area contributed by atoms with Gasteiger partial charge in [0.15, 0.2) is 5.82 Å². The fourth-order valence-electron chi connectivity index (χ4n) is 2.74. The van der Waals surface area contributed by atoms with E-state index in [-0.39, 0.29) is 11.0 Å². The Labute approximate surface area is 141 Å². The first-order valence-corrected chi connectivity index (χ1v) is 8.28. The SMILES string of the molecule is Cn1ccnc(N2CCN(Cc3nc(C(C)(C)C)co3)CC2)c1=O. The van der Waals surface area contributed by atoms with Gasteiger partial charge in [-0.15, -0.1) is 0 Å². The van der Waals surface area contributed by atoms with Crippen molar-refractivity contribution >= 4 is 5.82 Å². The van der Waals surface area contributed by atoms with Crippen LogP contribution in [0.4, 0.5) is 5.82 Å². The molecule has 0 spiro atoms. The molecule has 0 amide bonds. The molecule has 24 heavy (non-hydrogen) atoms. The quantitative estimate of drug-likeness (QED) is 0.847. The van der Waals surface area contributed by atoms with E-state index in [0.29, 0.717) is 12.4 Å². The normalized spacial score (nSPS) is 16.6. The van der Waals surface area contributed by atoms with E-state index in [4.69, 9.17) is 4.42 Å². The molecule has 0 aromatic carbocycles. The van der Waals surface area contributed by atoms with E-state index in [2.05, 4.69) is 40.5 Å². The monoisotopic (exact) mass is 331 g/mol. The zero-order valence-electron chi connectivity index (χ0n) is 14.8. The Balaban J connectivity index is 1.60. The van der Waals surface area contributed by atoms with Crippen molar-refractivity contribution in [2.45, 2.75) is 32.7 Å². The van der Waals surface area contributed by atoms with Crippen molar-refractivity contribution in [2.24, 2.45) is 7.05 Å². The van der Waals surface area contributed by atoms with Gasteiger partial charge in [0.1, 0.15) is 6.26 Å². The number of aromatic nitrogens is 3. The molecule has 0 aliphatic carbocycles. The first-order chi connectivity index (χ1) is 11.3. The van der Waals surface area contributed by atoms with Gasteiger partial charge in [0.2, 0.25) is 5.89 Å². The molecule has 1 saturated heterocycles. The second-order valence-electron chi connectivity index (χ2n) is 7.31. The minimum Gasteiger partial charge on any atom is -0.447 e. The third kappa shape index (κ3) is 3.51. The highest BCUT2D eigenvalue weighted by Crippen LogP contribution is 2.21. The minimum atomic E-state index is -0.0477. The second-order valence-corrected chi connectivity index (χ2v) is 7.31. The van der Waals surface area contributed by atoms with Crippen molar-refractivity contribution < 1.29 is 4.42 Å². The van der Waals surface area contributed by atoms with Crippen LogP contribution >= 0.6 is 0 Å². The molecule has 1 aliphatic heterocycles. The summed E-state index contributed by atoms with van der Waals surface area (Å²) in [6, 6.07) is 0. The van der Waals surface area contributed by atoms with Crippen molar-refractivity contribution in [1.29, 1.82) is 0 Å². The van der Waals surface area contributed by atoms with Crippen LogP contribution in [0.15, 0.2) is 27.9 Å². The Hall–Kier alpha value is -2.15. The van der Waals surface area contributed by atoms with Crippen LogP contribution in [0, 0.1) is 0 Å². The van der Waals surface area contributed by atoms with Crippen LogP contribution in [-0.2, 0) is 19.0 Å². The zero-order valence-corrected chi connectivity index (χ0v) is 14.8. The van der Waals surface area contributed by atoms with E-state index in [0.717, 1.165) is 37.8 Å². The summed E-state index contributed by atoms with van der Waals surface area (Å²) < 4.78 is 7.17. The van der Waals surface area contributed by atoms with E-state index in [1.807, 2.05) is 0 Å². The summed E-state index contributed by atoms with van der Waals surface area (Å²) in [7, 11) is 1.75. The molecular formula is C17H25N5O2. The molecule has 7 nitrogen and oxygen atoms in total. The molecule has 0 atom stereocenters. The van der Waals surface area contributed by atoms with Gasteiger partial charge in [-0.2, -0.15) is 0 Å². The number of hydrogen-bond donors (Lipinski definition) is 0. The van der Waals surface area contributed by atoms with Gasteiger partial charge in [0.25, 0.3) is 5.56 Å². The van der Waals surface area contributed by atoms with Crippen molar-refractivity contribution in [3.8, 4) is 0 Å². The second kappa shape index (κ2) is 6.39. The largest absolute Gasteiger partial charge is 0.447 e. The Morgan fingerprint density at radius 2 is 1.92 bits per heavy atom. The van der Waals surface area contributed by atoms with Gasteiger partial charge >= 0.3 is 0 Å². The number of aryl methyl sites for hydroxylation is 1. The fraction of sp³-hybridized carbons (Fsp3) is 0.588. The first kappa shape index (κ1) is 16.7. The van der Waals surface area contributed by atoms with E-state index < -0.39 is 0 Å². The number of nitrogens with zero attached hydrogens (tertiary/aromatic N) is 5. The van der Waals surface area contributed by atoms with Gasteiger partial charge in [0.05, 0.1) is 12.2 Å². The average molecular weight is 331 g/mol. The van der Waals surface area contributed by atoms with Crippen LogP contribution in [0.25, 0.3) is 0 Å². The summed E-state index contributed by atoms with van der Waals surface area (Å²) in [5.41, 5.74) is 0.932. The Bertz CT molecular complexity index is 751. The summed E-state index contributed by atoms with van der Waals surface area (Å²) >= 11 is 0. The number of anilines is 1. The van der Waals surface area contributed by atoms with Crippen LogP contribution < -0.4 is 10.5 Å². The molecule has 0 unspecified atom stereocenters. The summed E-state index contributed by atoms with van der Waals surface area (Å²) in [5.74, 6) is 1.29. The van der Waals surface area contributed by atoms with Crippen molar-refractivity contribution in [2.75, 3.05) is 31.1 Å². The Morgan fingerprint density at radius 1 is 1.21 bits per heavy atom. The van der Waals surface area contributed by atoms with Crippen LogP contribution in [0.3, 0.4) is 0 Å². The maximum Gasteiger partial charge on any atom is 0.293 e. The van der Waals surface area contributed by atoms with E-state index >= 15 is 0 Å². The molecule has 0 bridgehead atoms. The van der Waals surface area contributed by atoms with Crippen LogP contribution in [0.5, 0.6) is 0 Å². The molecule has 3 rings (SSSR count). The summed E-state index contributed by atoms with van der Waals surface area (Å²) in [5, 5.41) is 0. The summed E-state index contributed by atoms with van der Waals surface area (Å²) in [6.45, 7) is 10.3. The predicted octanol–water partition coefficient (Wildman–Crippen LogP) is 1.39. The summed E-state index contributed by atoms with van der Waals surface area (Å²) in [4.78, 5) is 25.3. The van der Waals surface area contributed by atoms with Crippen LogP contribution in [0.1, 0.15) is 32.4 Å². The zero-order chi connectivity index (χ0) is 17.3. The van der Waals surface area contributed by atoms with Gasteiger partial charge in [-0.05, 0) is 0 Å². The molecule has 1 fully saturated rings. The highest BCUT2D eigenvalue weighted by Gasteiger charge is 2.23. The maximum atomic E-state index is 12.2. The van der Waals surface area contributed by atoms with Crippen LogP contribution in [0.2, 0.25) is 0 Å². The topological polar surface area (TPSA) is 67.4 Å². The molecule has 0 radical (unpaired) electrons. The molecule has 3 heterocycles. The highest BCUT2D eigenvalue weighted by atomic mass is 16.3. The number of hydrogen-bond acceptors (Lipinski definition) is 6. The summed E-state index contributed by atoms with van der Waals surface area (Å²) in [6.07, 6.45) is 5.10. The molecule has 2 aromatic heterocycles. The van der Waals surface area contributed by atoms with Crippen LogP contribution in [-0.4, -0.2) is 45.6 Å². The average Bonchev–Trinajstić information content (AvgIpc) is 3.00. The number of piperazine rings is 1. The smallest absolute Gasteiger partial charge is 0.293 e. The molecule has 2 aromatic rings. The maximum absolute atomic E-state index is 12.2. The van der Waals surface area contributed by atoms with Gasteiger partial charge < -0.3 is 13.9 Å². The third-order valence-corrected chi connectivity index (χ3v) is 4.35. The standard InChI is InChI=1S/C17H25N5O2/c1-17(2,3)13-12-24-14(19-13)11-21-7-9-22(10-8-21)15-16(23)20(4)6-5-18-15/h5-6,12H,7-11H2,1-4H3. The number of rotatable bonds is 3. The van der Waals surface area contributed by atoms with Gasteiger partial charge in [-0.1, -0.05) is 20.8 Å². The lowest BCUT2D eigenvalue weighted by Crippen LogP contribution is -2.48. The molecule has 7 heteroatoms. The van der Waals surface area contributed by atoms with Gasteiger partial charge in [0, 0.05) is 51.0 Å². The third-order valence-electron chi connectivity index (χ3n) is 4.35. The van der Waals surface area contributed by atoms with E-state index in [1.54, 1.807) is 30.3 Å². The van der Waals surface area contributed by atoms with Gasteiger partial charge in [-0.3, -0.25) is 9.69 Å². The molecule has 1 aliphatic rings. The Morgan fingerprint density at radius 3 is 2.54 bits per heavy atom. The first-order valence-electron chi connectivity index (χ1n) is 8.28. The minimum absolute atomic E-state index is 0.000516. The van der Waals surface area contributed by atoms with Crippen molar-refractivity contribution in [3.05, 3.63) is 40.6 Å². The molecular weight excluding hydrogens is 306 g/mol. The van der Waals surface area contributed by atoms with E-state index in [9.17, 15) is 4.79 Å². The Kier molecular flexibility index (Phi) is 4.45. The lowest BCUT2D eigenvalue weighted by atomic mass is 9.93. The van der Waals surface area contributed by atoms with E-state index in [1.165, 1.54) is 0 Å². The molecule has 0 N–H and O–H groups in total. The lowest BCUT2D eigenvalue weighted by Gasteiger charge is -2.34. The predicted molar refractivity (Wildman–Crippen MR) is 92.2 cm³/mol. The molecule has 0 saturated carbocycles. The van der Waals surface area contributed by atoms with Crippen molar-refractivity contribution in [3.63, 3.8) is 0 Å². The fourth-order valence-corrected chi connectivity index (χ4v) is 2.74. The number of oxazole rings is 1. The van der Waals surface area contributed by atoms with Gasteiger partial charge in [-0.25, -0.2) is 9.97 Å².